The van der Waals surface area contributed by atoms with Gasteiger partial charge in [-0.3, -0.25) is 9.59 Å². The number of carbonyl (C=O) groups is 2. The lowest BCUT2D eigenvalue weighted by molar-refractivity contribution is 0.0751. The molecule has 2 aromatic rings. The topological polar surface area (TPSA) is 52.7 Å². The van der Waals surface area contributed by atoms with Gasteiger partial charge in [0.2, 0.25) is 0 Å². The molecule has 1 N–H and O–H groups in total. The fourth-order valence-electron chi connectivity index (χ4n) is 3.16. The van der Waals surface area contributed by atoms with Gasteiger partial charge in [0.15, 0.2) is 0 Å². The van der Waals surface area contributed by atoms with Crippen LogP contribution in [0.4, 0.5) is 5.69 Å². The number of amides is 2. The summed E-state index contributed by atoms with van der Waals surface area (Å²) in [7, 11) is 2.05. The summed E-state index contributed by atoms with van der Waals surface area (Å²) in [5, 5.41) is 2.86. The highest BCUT2D eigenvalue weighted by Crippen LogP contribution is 2.24. The van der Waals surface area contributed by atoms with Crippen LogP contribution < -0.4 is 10.2 Å². The van der Waals surface area contributed by atoms with Crippen LogP contribution in [0.3, 0.4) is 0 Å². The number of hydrogen-bond acceptors (Lipinski definition) is 3. The maximum atomic E-state index is 12.9. The Morgan fingerprint density at radius 3 is 2.31 bits per heavy atom. The van der Waals surface area contributed by atoms with E-state index in [1.165, 1.54) is 5.69 Å². The van der Waals surface area contributed by atoms with E-state index in [4.69, 9.17) is 0 Å². The van der Waals surface area contributed by atoms with E-state index >= 15 is 0 Å². The number of nitrogens with one attached hydrogen (secondary N) is 1. The largest absolute Gasteiger partial charge is 0.373 e. The predicted octanol–water partition coefficient (Wildman–Crippen LogP) is 2.92. The maximum absolute atomic E-state index is 12.9. The highest BCUT2D eigenvalue weighted by atomic mass is 16.2. The van der Waals surface area contributed by atoms with Gasteiger partial charge in [-0.15, -0.1) is 0 Å². The molecule has 5 heteroatoms. The minimum absolute atomic E-state index is 0.00841. The van der Waals surface area contributed by atoms with E-state index in [-0.39, 0.29) is 17.9 Å². The normalized spacial score (nSPS) is 14.0. The van der Waals surface area contributed by atoms with Gasteiger partial charge in [0.25, 0.3) is 11.8 Å². The molecule has 2 amide bonds. The molecule has 136 valence electrons. The molecule has 1 heterocycles. The van der Waals surface area contributed by atoms with Crippen LogP contribution in [0, 0.1) is 0 Å². The Morgan fingerprint density at radius 1 is 0.962 bits per heavy atom. The number of nitrogens with zero attached hydrogens (tertiary/aromatic N) is 2. The Hall–Kier alpha value is -2.82. The van der Waals surface area contributed by atoms with Gasteiger partial charge < -0.3 is 15.1 Å². The molecule has 0 fully saturated rings. The van der Waals surface area contributed by atoms with Crippen molar-refractivity contribution in [3.8, 4) is 0 Å². The minimum atomic E-state index is -0.121. The van der Waals surface area contributed by atoms with Crippen LogP contribution >= 0.6 is 0 Å². The molecule has 0 unspecified atom stereocenters. The van der Waals surface area contributed by atoms with Crippen molar-refractivity contribution in [1.29, 1.82) is 0 Å². The van der Waals surface area contributed by atoms with E-state index in [9.17, 15) is 9.59 Å². The number of benzene rings is 2. The number of para-hydroxylation sites is 1. The first-order chi connectivity index (χ1) is 12.5. The third kappa shape index (κ3) is 3.87. The number of rotatable bonds is 3. The van der Waals surface area contributed by atoms with Crippen molar-refractivity contribution >= 4 is 17.5 Å². The zero-order chi connectivity index (χ0) is 18.7. The summed E-state index contributed by atoms with van der Waals surface area (Å²) in [4.78, 5) is 29.0. The van der Waals surface area contributed by atoms with E-state index in [0.29, 0.717) is 24.2 Å². The summed E-state index contributed by atoms with van der Waals surface area (Å²) in [5.41, 5.74) is 3.49. The summed E-state index contributed by atoms with van der Waals surface area (Å²) < 4.78 is 0. The van der Waals surface area contributed by atoms with Gasteiger partial charge in [-0.25, -0.2) is 0 Å². The Kier molecular flexibility index (Phi) is 5.26. The van der Waals surface area contributed by atoms with E-state index in [2.05, 4.69) is 29.4 Å². The first-order valence-corrected chi connectivity index (χ1v) is 8.95. The summed E-state index contributed by atoms with van der Waals surface area (Å²) in [6, 6.07) is 15.2. The van der Waals surface area contributed by atoms with Gasteiger partial charge in [0.05, 0.1) is 0 Å². The molecule has 3 rings (SSSR count). The van der Waals surface area contributed by atoms with Gasteiger partial charge in [0.1, 0.15) is 0 Å². The predicted molar refractivity (Wildman–Crippen MR) is 103 cm³/mol. The number of anilines is 1. The van der Waals surface area contributed by atoms with Gasteiger partial charge in [0, 0.05) is 49.5 Å². The number of hydrogen-bond donors (Lipinski definition) is 1. The van der Waals surface area contributed by atoms with Crippen LogP contribution in [0.15, 0.2) is 48.5 Å². The van der Waals surface area contributed by atoms with Crippen LogP contribution in [-0.4, -0.2) is 42.9 Å². The first kappa shape index (κ1) is 18.0. The fraction of sp³-hybridized carbons (Fsp3) is 0.333. The van der Waals surface area contributed by atoms with E-state index in [1.54, 1.807) is 24.3 Å². The summed E-state index contributed by atoms with van der Waals surface area (Å²) in [6.07, 6.45) is 0. The summed E-state index contributed by atoms with van der Waals surface area (Å²) in [5.74, 6) is -0.129. The maximum Gasteiger partial charge on any atom is 0.254 e. The van der Waals surface area contributed by atoms with E-state index in [1.807, 2.05) is 30.9 Å². The average Bonchev–Trinajstić information content (AvgIpc) is 2.80. The zero-order valence-electron chi connectivity index (χ0n) is 15.5. The van der Waals surface area contributed by atoms with Crippen molar-refractivity contribution in [2.45, 2.75) is 26.4 Å². The van der Waals surface area contributed by atoms with Gasteiger partial charge >= 0.3 is 0 Å². The molecule has 1 aliphatic rings. The second kappa shape index (κ2) is 7.60. The molecular weight excluding hydrogens is 326 g/mol. The van der Waals surface area contributed by atoms with Gasteiger partial charge in [-0.05, 0) is 49.7 Å². The molecule has 0 aromatic heterocycles. The third-order valence-electron chi connectivity index (χ3n) is 4.57. The molecule has 5 nitrogen and oxygen atoms in total. The Balaban J connectivity index is 1.76. The highest BCUT2D eigenvalue weighted by molar-refractivity contribution is 5.98. The van der Waals surface area contributed by atoms with Gasteiger partial charge in [-0.2, -0.15) is 0 Å². The molecule has 1 aliphatic heterocycles. The molecule has 0 aliphatic carbocycles. The minimum Gasteiger partial charge on any atom is -0.373 e. The molecule has 0 bridgehead atoms. The number of likely N-dealkylation sites (N-methyl/N-ethyl adjacent to an activating group) is 1. The van der Waals surface area contributed by atoms with Crippen molar-refractivity contribution in [2.75, 3.05) is 25.0 Å². The van der Waals surface area contributed by atoms with Crippen molar-refractivity contribution < 1.29 is 9.59 Å². The van der Waals surface area contributed by atoms with Crippen LogP contribution in [-0.2, 0) is 6.54 Å². The molecule has 0 spiro atoms. The molecule has 26 heavy (non-hydrogen) atoms. The molecule has 0 saturated heterocycles. The first-order valence-electron chi connectivity index (χ1n) is 8.95. The third-order valence-corrected chi connectivity index (χ3v) is 4.57. The van der Waals surface area contributed by atoms with Crippen LogP contribution in [0.2, 0.25) is 0 Å². The quantitative estimate of drug-likeness (QED) is 0.925. The van der Waals surface area contributed by atoms with Crippen molar-refractivity contribution in [3.05, 3.63) is 65.2 Å². The number of carbonyl (C=O) groups excluding carboxylic acids is 2. The smallest absolute Gasteiger partial charge is 0.254 e. The second-order valence-electron chi connectivity index (χ2n) is 6.98. The lowest BCUT2D eigenvalue weighted by Crippen LogP contribution is -2.34. The molecule has 0 atom stereocenters. The summed E-state index contributed by atoms with van der Waals surface area (Å²) in [6.45, 7) is 5.89. The van der Waals surface area contributed by atoms with Crippen LogP contribution in [0.5, 0.6) is 0 Å². The molecule has 0 saturated carbocycles. The Bertz CT molecular complexity index is 799. The fourth-order valence-corrected chi connectivity index (χ4v) is 3.16. The lowest BCUT2D eigenvalue weighted by Gasteiger charge is -2.21. The Morgan fingerprint density at radius 2 is 1.62 bits per heavy atom. The molecular formula is C21H25N3O2. The van der Waals surface area contributed by atoms with Crippen molar-refractivity contribution in [1.82, 2.24) is 10.2 Å². The second-order valence-corrected chi connectivity index (χ2v) is 6.98. The summed E-state index contributed by atoms with van der Waals surface area (Å²) >= 11 is 0. The van der Waals surface area contributed by atoms with Crippen molar-refractivity contribution in [3.63, 3.8) is 0 Å². The van der Waals surface area contributed by atoms with E-state index < -0.39 is 0 Å². The monoisotopic (exact) mass is 351 g/mol. The highest BCUT2D eigenvalue weighted by Gasteiger charge is 2.22. The standard InChI is InChI=1S/C21H25N3O2/c1-15(2)22-20(25)16-8-10-17(11-9-16)21(26)24-13-12-23(3)19-7-5-4-6-18(19)14-24/h4-11,15H,12-14H2,1-3H3,(H,22,25). The Labute approximate surface area is 154 Å². The zero-order valence-corrected chi connectivity index (χ0v) is 15.5. The van der Waals surface area contributed by atoms with E-state index in [0.717, 1.165) is 12.1 Å². The van der Waals surface area contributed by atoms with Gasteiger partial charge in [-0.1, -0.05) is 18.2 Å². The van der Waals surface area contributed by atoms with Crippen molar-refractivity contribution in [2.24, 2.45) is 0 Å². The van der Waals surface area contributed by atoms with Crippen LogP contribution in [0.1, 0.15) is 40.1 Å². The SMILES string of the molecule is CC(C)NC(=O)c1ccc(C(=O)N2CCN(C)c3ccccc3C2)cc1. The average molecular weight is 351 g/mol. The number of fused-ring (bicyclic) bond motifs is 1. The molecule has 2 aromatic carbocycles. The molecule has 0 radical (unpaired) electrons. The lowest BCUT2D eigenvalue weighted by atomic mass is 10.1. The van der Waals surface area contributed by atoms with Crippen LogP contribution in [0.25, 0.3) is 0 Å².